The number of carbonyl (C=O) groups excluding carboxylic acids is 1. The minimum Gasteiger partial charge on any atom is -0.337 e. The first-order chi connectivity index (χ1) is 4.83. The standard InChI is InChI=1S/C6H13N3O/c7-9-6(10)8-4-3-5-1-2-5/h5H,1-4,7H2,(H2,8,9,10). The first-order valence-electron chi connectivity index (χ1n) is 3.57. The molecule has 0 aromatic rings. The van der Waals surface area contributed by atoms with Crippen LogP contribution in [0.25, 0.3) is 0 Å². The van der Waals surface area contributed by atoms with Gasteiger partial charge in [-0.1, -0.05) is 12.8 Å². The zero-order valence-corrected chi connectivity index (χ0v) is 5.89. The smallest absolute Gasteiger partial charge is 0.328 e. The van der Waals surface area contributed by atoms with Crippen molar-refractivity contribution in [2.24, 2.45) is 11.8 Å². The molecule has 0 atom stereocenters. The van der Waals surface area contributed by atoms with Crippen molar-refractivity contribution in [1.82, 2.24) is 10.7 Å². The number of amides is 2. The Balaban J connectivity index is 1.88. The Bertz CT molecular complexity index is 122. The van der Waals surface area contributed by atoms with Gasteiger partial charge in [0, 0.05) is 6.54 Å². The number of carbonyl (C=O) groups is 1. The van der Waals surface area contributed by atoms with Gasteiger partial charge in [0.25, 0.3) is 0 Å². The molecule has 0 bridgehead atoms. The monoisotopic (exact) mass is 143 g/mol. The lowest BCUT2D eigenvalue weighted by Gasteiger charge is -2.01. The molecule has 4 nitrogen and oxygen atoms in total. The number of rotatable bonds is 3. The van der Waals surface area contributed by atoms with Gasteiger partial charge >= 0.3 is 6.03 Å². The van der Waals surface area contributed by atoms with E-state index in [1.54, 1.807) is 0 Å². The fourth-order valence-electron chi connectivity index (χ4n) is 0.847. The highest BCUT2D eigenvalue weighted by Crippen LogP contribution is 2.31. The Kier molecular flexibility index (Phi) is 2.50. The molecule has 0 heterocycles. The summed E-state index contributed by atoms with van der Waals surface area (Å²) in [5, 5.41) is 2.63. The van der Waals surface area contributed by atoms with Crippen LogP contribution in [0.4, 0.5) is 4.79 Å². The van der Waals surface area contributed by atoms with Crippen molar-refractivity contribution < 1.29 is 4.79 Å². The van der Waals surface area contributed by atoms with Crippen LogP contribution in [0.3, 0.4) is 0 Å². The molecule has 0 aliphatic heterocycles. The van der Waals surface area contributed by atoms with E-state index in [-0.39, 0.29) is 6.03 Å². The van der Waals surface area contributed by atoms with E-state index in [9.17, 15) is 4.79 Å². The second kappa shape index (κ2) is 3.41. The summed E-state index contributed by atoms with van der Waals surface area (Å²) < 4.78 is 0. The number of nitrogens with two attached hydrogens (primary N) is 1. The second-order valence-corrected chi connectivity index (χ2v) is 2.63. The maximum absolute atomic E-state index is 10.5. The Morgan fingerprint density at radius 2 is 2.30 bits per heavy atom. The van der Waals surface area contributed by atoms with Crippen LogP contribution in [0.15, 0.2) is 0 Å². The minimum absolute atomic E-state index is 0.291. The van der Waals surface area contributed by atoms with Crippen LogP contribution < -0.4 is 16.6 Å². The topological polar surface area (TPSA) is 67.1 Å². The predicted octanol–water partition coefficient (Wildman–Crippen LogP) is -0.0406. The fraction of sp³-hybridized carbons (Fsp3) is 0.833. The molecular formula is C6H13N3O. The van der Waals surface area contributed by atoms with Gasteiger partial charge in [-0.3, -0.25) is 5.43 Å². The molecule has 1 fully saturated rings. The lowest BCUT2D eigenvalue weighted by molar-refractivity contribution is 0.241. The van der Waals surface area contributed by atoms with E-state index in [0.29, 0.717) is 0 Å². The van der Waals surface area contributed by atoms with Gasteiger partial charge in [-0.15, -0.1) is 0 Å². The van der Waals surface area contributed by atoms with E-state index in [1.807, 2.05) is 5.43 Å². The van der Waals surface area contributed by atoms with Crippen molar-refractivity contribution >= 4 is 6.03 Å². The van der Waals surface area contributed by atoms with Gasteiger partial charge in [-0.25, -0.2) is 10.6 Å². The zero-order chi connectivity index (χ0) is 7.40. The average Bonchev–Trinajstić information content (AvgIpc) is 2.71. The summed E-state index contributed by atoms with van der Waals surface area (Å²) >= 11 is 0. The number of hydrogen-bond acceptors (Lipinski definition) is 2. The molecule has 1 aliphatic rings. The SMILES string of the molecule is NNC(=O)NCCC1CC1. The Morgan fingerprint density at radius 3 is 2.80 bits per heavy atom. The molecule has 0 saturated heterocycles. The van der Waals surface area contributed by atoms with Gasteiger partial charge in [0.05, 0.1) is 0 Å². The summed E-state index contributed by atoms with van der Waals surface area (Å²) in [6.07, 6.45) is 3.74. The molecule has 0 aromatic carbocycles. The molecule has 0 radical (unpaired) electrons. The van der Waals surface area contributed by atoms with Gasteiger partial charge in [-0.2, -0.15) is 0 Å². The van der Waals surface area contributed by atoms with Crippen molar-refractivity contribution in [2.75, 3.05) is 6.54 Å². The number of hydrazine groups is 1. The number of nitrogens with one attached hydrogen (secondary N) is 2. The lowest BCUT2D eigenvalue weighted by atomic mass is 10.3. The van der Waals surface area contributed by atoms with Crippen molar-refractivity contribution in [1.29, 1.82) is 0 Å². The van der Waals surface area contributed by atoms with Crippen LogP contribution in [0.2, 0.25) is 0 Å². The van der Waals surface area contributed by atoms with E-state index >= 15 is 0 Å². The Labute approximate surface area is 60.1 Å². The number of urea groups is 1. The van der Waals surface area contributed by atoms with E-state index in [4.69, 9.17) is 5.84 Å². The first-order valence-corrected chi connectivity index (χ1v) is 3.57. The predicted molar refractivity (Wildman–Crippen MR) is 38.1 cm³/mol. The average molecular weight is 143 g/mol. The molecule has 0 unspecified atom stereocenters. The molecule has 1 rings (SSSR count). The van der Waals surface area contributed by atoms with E-state index in [0.717, 1.165) is 18.9 Å². The molecule has 1 aliphatic carbocycles. The summed E-state index contributed by atoms with van der Waals surface area (Å²) in [7, 11) is 0. The summed E-state index contributed by atoms with van der Waals surface area (Å²) in [6, 6.07) is -0.291. The maximum Gasteiger partial charge on any atom is 0.328 e. The first kappa shape index (κ1) is 7.34. The summed E-state index contributed by atoms with van der Waals surface area (Å²) in [6.45, 7) is 0.744. The molecule has 4 heteroatoms. The van der Waals surface area contributed by atoms with Crippen LogP contribution in [0, 0.1) is 5.92 Å². The molecule has 0 spiro atoms. The normalized spacial score (nSPS) is 16.5. The highest BCUT2D eigenvalue weighted by molar-refractivity contribution is 5.72. The molecule has 4 N–H and O–H groups in total. The zero-order valence-electron chi connectivity index (χ0n) is 5.89. The van der Waals surface area contributed by atoms with Gasteiger partial charge in [0.1, 0.15) is 0 Å². The Morgan fingerprint density at radius 1 is 1.60 bits per heavy atom. The van der Waals surface area contributed by atoms with Crippen molar-refractivity contribution in [3.8, 4) is 0 Å². The van der Waals surface area contributed by atoms with Crippen molar-refractivity contribution in [3.63, 3.8) is 0 Å². The van der Waals surface area contributed by atoms with E-state index in [1.165, 1.54) is 12.8 Å². The van der Waals surface area contributed by atoms with Crippen LogP contribution in [-0.4, -0.2) is 12.6 Å². The van der Waals surface area contributed by atoms with Crippen LogP contribution in [-0.2, 0) is 0 Å². The van der Waals surface area contributed by atoms with Gasteiger partial charge < -0.3 is 5.32 Å². The number of hydrogen-bond donors (Lipinski definition) is 3. The molecule has 10 heavy (non-hydrogen) atoms. The maximum atomic E-state index is 10.5. The van der Waals surface area contributed by atoms with Crippen molar-refractivity contribution in [3.05, 3.63) is 0 Å². The van der Waals surface area contributed by atoms with Gasteiger partial charge in [-0.05, 0) is 12.3 Å². The summed E-state index contributed by atoms with van der Waals surface area (Å²) in [5.74, 6) is 5.70. The third kappa shape index (κ3) is 2.68. The fourth-order valence-corrected chi connectivity index (χ4v) is 0.847. The van der Waals surface area contributed by atoms with Crippen LogP contribution >= 0.6 is 0 Å². The van der Waals surface area contributed by atoms with Crippen LogP contribution in [0.1, 0.15) is 19.3 Å². The molecule has 58 valence electrons. The molecular weight excluding hydrogens is 130 g/mol. The minimum atomic E-state index is -0.291. The third-order valence-electron chi connectivity index (χ3n) is 1.67. The van der Waals surface area contributed by atoms with Gasteiger partial charge in [0.15, 0.2) is 0 Å². The third-order valence-corrected chi connectivity index (χ3v) is 1.67. The highest BCUT2D eigenvalue weighted by atomic mass is 16.2. The van der Waals surface area contributed by atoms with Crippen LogP contribution in [0.5, 0.6) is 0 Å². The highest BCUT2D eigenvalue weighted by Gasteiger charge is 2.20. The second-order valence-electron chi connectivity index (χ2n) is 2.63. The molecule has 2 amide bonds. The quantitative estimate of drug-likeness (QED) is 0.295. The van der Waals surface area contributed by atoms with Crippen molar-refractivity contribution in [2.45, 2.75) is 19.3 Å². The van der Waals surface area contributed by atoms with E-state index < -0.39 is 0 Å². The largest absolute Gasteiger partial charge is 0.337 e. The summed E-state index contributed by atoms with van der Waals surface area (Å²) in [5.41, 5.74) is 2.01. The lowest BCUT2D eigenvalue weighted by Crippen LogP contribution is -2.40. The molecule has 0 aromatic heterocycles. The van der Waals surface area contributed by atoms with Gasteiger partial charge in [0.2, 0.25) is 0 Å². The summed E-state index contributed by atoms with van der Waals surface area (Å²) in [4.78, 5) is 10.5. The Hall–Kier alpha value is -0.770. The van der Waals surface area contributed by atoms with E-state index in [2.05, 4.69) is 5.32 Å². The molecule has 1 saturated carbocycles.